The Hall–Kier alpha value is -6.03. The number of piperidine rings is 2. The number of anilines is 3. The number of carbonyl (C=O) groups is 5. The molecular formula is C50H68N12O8. The minimum atomic E-state index is -1.04. The highest BCUT2D eigenvalue weighted by Crippen LogP contribution is 2.40. The van der Waals surface area contributed by atoms with E-state index in [1.165, 1.54) is 30.4 Å². The van der Waals surface area contributed by atoms with Crippen molar-refractivity contribution in [3.8, 4) is 0 Å². The average molecular weight is 965 g/mol. The van der Waals surface area contributed by atoms with Gasteiger partial charge in [0.25, 0.3) is 11.8 Å². The first-order valence-electron chi connectivity index (χ1n) is 24.8. The van der Waals surface area contributed by atoms with E-state index in [9.17, 15) is 24.0 Å². The Morgan fingerprint density at radius 2 is 1.67 bits per heavy atom. The number of ether oxygens (including phenoxy) is 3. The standard InChI is InChI=1S/C50H68N12O8/c1-31(2)41-29-57-59-46(41)61(3)50(70-36-8-6-17-51-28-36)60-56-27-33-7-4-5-9-37(33)45-38-12-10-34(25-32(38)16-18-54-45)52-19-21-68-23-24-69-22-20-53-44(64)30-55-35-11-13-39-40(26-35)49(67)62(48(39)66)42-14-15-43(63)58-47(42)65/h10-13,16,18,25-26,29,31,33,36-37,42,50-52,55-56,60H,4-9,14-15,17,19-24,27-28,30H2,1-3H3,(H,53,64)(H,57,59)(H,58,63,65)/t33?,36-,37?,42?,50?/m1/s1. The number of carbonyl (C=O) groups excluding carboxylic acids is 5. The second kappa shape index (κ2) is 24.2. The zero-order valence-electron chi connectivity index (χ0n) is 40.4. The lowest BCUT2D eigenvalue weighted by Crippen LogP contribution is -2.56. The van der Waals surface area contributed by atoms with Crippen LogP contribution in [-0.2, 0) is 28.6 Å². The van der Waals surface area contributed by atoms with Crippen LogP contribution in [0.5, 0.6) is 0 Å². The van der Waals surface area contributed by atoms with Crippen molar-refractivity contribution in [2.45, 2.75) is 95.5 Å². The van der Waals surface area contributed by atoms with E-state index < -0.39 is 36.0 Å². The van der Waals surface area contributed by atoms with Gasteiger partial charge in [-0.05, 0) is 92.3 Å². The van der Waals surface area contributed by atoms with Crippen LogP contribution in [0.4, 0.5) is 17.2 Å². The van der Waals surface area contributed by atoms with E-state index >= 15 is 0 Å². The van der Waals surface area contributed by atoms with Crippen molar-refractivity contribution in [2.24, 2.45) is 5.92 Å². The maximum Gasteiger partial charge on any atom is 0.262 e. The van der Waals surface area contributed by atoms with Gasteiger partial charge in [-0.15, -0.1) is 0 Å². The molecule has 5 atom stereocenters. The number of H-pyrrole nitrogens is 1. The van der Waals surface area contributed by atoms with Gasteiger partial charge in [0, 0.05) is 74.1 Å². The highest BCUT2D eigenvalue weighted by atomic mass is 16.5. The molecule has 5 heterocycles. The van der Waals surface area contributed by atoms with E-state index in [4.69, 9.17) is 19.2 Å². The number of hydrogen-bond donors (Lipinski definition) is 8. The molecule has 4 aliphatic rings. The maximum absolute atomic E-state index is 13.1. The van der Waals surface area contributed by atoms with Crippen molar-refractivity contribution in [3.05, 3.63) is 77.2 Å². The number of aromatic nitrogens is 3. The summed E-state index contributed by atoms with van der Waals surface area (Å²) in [4.78, 5) is 70.4. The van der Waals surface area contributed by atoms with Crippen molar-refractivity contribution in [2.75, 3.05) is 88.3 Å². The number of fused-ring (bicyclic) bond motifs is 2. The molecule has 1 saturated carbocycles. The summed E-state index contributed by atoms with van der Waals surface area (Å²) >= 11 is 0. The van der Waals surface area contributed by atoms with Gasteiger partial charge in [-0.2, -0.15) is 5.10 Å². The second-order valence-corrected chi connectivity index (χ2v) is 18.8. The third-order valence-corrected chi connectivity index (χ3v) is 13.6. The number of pyridine rings is 1. The van der Waals surface area contributed by atoms with Crippen LogP contribution in [-0.4, -0.2) is 141 Å². The average Bonchev–Trinajstić information content (AvgIpc) is 3.96. The summed E-state index contributed by atoms with van der Waals surface area (Å²) in [6.07, 6.45) is 10.4. The summed E-state index contributed by atoms with van der Waals surface area (Å²) in [5, 5.41) is 24.8. The molecule has 2 saturated heterocycles. The SMILES string of the molecule is CC(C)c1cn[nH]c1N(C)C(NNCC1CCCCC1c1nccc2cc(NCCOCCOCCNC(=O)CNc3ccc4c(c3)C(=O)N(C3CCC(=O)NC3=O)C4=O)ccc12)O[C@@H]1CCCNC1. The van der Waals surface area contributed by atoms with Crippen molar-refractivity contribution < 1.29 is 38.2 Å². The summed E-state index contributed by atoms with van der Waals surface area (Å²) in [6, 6.07) is 12.1. The smallest absolute Gasteiger partial charge is 0.262 e. The van der Waals surface area contributed by atoms with Crippen molar-refractivity contribution in [1.82, 2.24) is 46.9 Å². The van der Waals surface area contributed by atoms with Gasteiger partial charge in [0.2, 0.25) is 24.1 Å². The van der Waals surface area contributed by atoms with E-state index in [0.717, 1.165) is 78.4 Å². The molecule has 2 aromatic carbocycles. The molecule has 4 aromatic rings. The number of imide groups is 2. The van der Waals surface area contributed by atoms with Crippen molar-refractivity contribution in [1.29, 1.82) is 0 Å². The molecule has 376 valence electrons. The Morgan fingerprint density at radius 1 is 0.886 bits per heavy atom. The lowest BCUT2D eigenvalue weighted by molar-refractivity contribution is -0.136. The highest BCUT2D eigenvalue weighted by molar-refractivity contribution is 6.23. The number of hydrazine groups is 1. The first-order chi connectivity index (χ1) is 34.0. The molecule has 0 bridgehead atoms. The van der Waals surface area contributed by atoms with Gasteiger partial charge < -0.3 is 40.4 Å². The number of aromatic amines is 1. The van der Waals surface area contributed by atoms with E-state index in [0.29, 0.717) is 63.0 Å². The normalized spacial score (nSPS) is 20.9. The summed E-state index contributed by atoms with van der Waals surface area (Å²) in [5.74, 6) is -0.590. The number of rotatable bonds is 24. The minimum absolute atomic E-state index is 0.0422. The van der Waals surface area contributed by atoms with Crippen LogP contribution < -0.4 is 42.3 Å². The topological polar surface area (TPSA) is 245 Å². The third kappa shape index (κ3) is 12.5. The number of nitrogens with zero attached hydrogens (tertiary/aromatic N) is 4. The molecule has 70 heavy (non-hydrogen) atoms. The molecule has 20 nitrogen and oxygen atoms in total. The molecule has 4 unspecified atom stereocenters. The predicted molar refractivity (Wildman–Crippen MR) is 264 cm³/mol. The molecule has 3 fully saturated rings. The number of hydrogen-bond acceptors (Lipinski definition) is 16. The summed E-state index contributed by atoms with van der Waals surface area (Å²) in [6.45, 7) is 9.42. The summed E-state index contributed by atoms with van der Waals surface area (Å²) in [5.41, 5.74) is 11.2. The third-order valence-electron chi connectivity index (χ3n) is 13.6. The number of nitrogens with one attached hydrogen (secondary N) is 8. The van der Waals surface area contributed by atoms with Crippen LogP contribution in [0, 0.1) is 5.92 Å². The van der Waals surface area contributed by atoms with Crippen LogP contribution in [0.3, 0.4) is 0 Å². The molecule has 5 amide bonds. The van der Waals surface area contributed by atoms with Gasteiger partial charge in [-0.1, -0.05) is 32.8 Å². The van der Waals surface area contributed by atoms with Gasteiger partial charge in [-0.3, -0.25) is 49.7 Å². The molecule has 0 spiro atoms. The Labute approximate surface area is 408 Å². The lowest BCUT2D eigenvalue weighted by atomic mass is 9.76. The van der Waals surface area contributed by atoms with E-state index in [1.807, 2.05) is 19.4 Å². The maximum atomic E-state index is 13.1. The molecule has 3 aliphatic heterocycles. The fourth-order valence-electron chi connectivity index (χ4n) is 9.83. The fourth-order valence-corrected chi connectivity index (χ4v) is 9.83. The van der Waals surface area contributed by atoms with Gasteiger partial charge >= 0.3 is 0 Å². The first kappa shape index (κ1) is 50.4. The van der Waals surface area contributed by atoms with Gasteiger partial charge in [0.15, 0.2) is 0 Å². The van der Waals surface area contributed by atoms with Gasteiger partial charge in [0.1, 0.15) is 11.9 Å². The highest BCUT2D eigenvalue weighted by Gasteiger charge is 2.44. The zero-order chi connectivity index (χ0) is 49.0. The van der Waals surface area contributed by atoms with E-state index in [1.54, 1.807) is 6.07 Å². The van der Waals surface area contributed by atoms with Crippen LogP contribution in [0.1, 0.15) is 109 Å². The van der Waals surface area contributed by atoms with Crippen LogP contribution >= 0.6 is 0 Å². The molecule has 0 radical (unpaired) electrons. The molecule has 2 aromatic heterocycles. The Morgan fingerprint density at radius 3 is 2.47 bits per heavy atom. The van der Waals surface area contributed by atoms with E-state index in [2.05, 4.69) is 90.6 Å². The van der Waals surface area contributed by atoms with Gasteiger partial charge in [0.05, 0.1) is 62.1 Å². The molecule has 20 heteroatoms. The second-order valence-electron chi connectivity index (χ2n) is 18.8. The lowest BCUT2D eigenvalue weighted by Gasteiger charge is -2.36. The Bertz CT molecular complexity index is 2460. The molecule has 1 aliphatic carbocycles. The van der Waals surface area contributed by atoms with Crippen LogP contribution in [0.25, 0.3) is 10.8 Å². The van der Waals surface area contributed by atoms with Crippen LogP contribution in [0.2, 0.25) is 0 Å². The van der Waals surface area contributed by atoms with E-state index in [-0.39, 0.29) is 42.5 Å². The summed E-state index contributed by atoms with van der Waals surface area (Å²) in [7, 11) is 2.04. The quantitative estimate of drug-likeness (QED) is 0.0216. The van der Waals surface area contributed by atoms with Crippen molar-refractivity contribution in [3.63, 3.8) is 0 Å². The van der Waals surface area contributed by atoms with Gasteiger partial charge in [-0.25, -0.2) is 5.43 Å². The Kier molecular flexibility index (Phi) is 17.4. The predicted octanol–water partition coefficient (Wildman–Crippen LogP) is 3.71. The minimum Gasteiger partial charge on any atom is -0.383 e. The molecule has 8 rings (SSSR count). The van der Waals surface area contributed by atoms with Crippen molar-refractivity contribution >= 4 is 57.5 Å². The van der Waals surface area contributed by atoms with Crippen LogP contribution in [0.15, 0.2) is 54.9 Å². The summed E-state index contributed by atoms with van der Waals surface area (Å²) < 4.78 is 18.1. The molecular weight excluding hydrogens is 897 g/mol. The number of amides is 5. The Balaban J connectivity index is 0.723. The zero-order valence-corrected chi connectivity index (χ0v) is 40.4. The monoisotopic (exact) mass is 965 g/mol. The molecule has 8 N–H and O–H groups in total. The fraction of sp³-hybridized carbons (Fsp3) is 0.540. The first-order valence-corrected chi connectivity index (χ1v) is 24.8. The largest absolute Gasteiger partial charge is 0.383 e. The number of benzene rings is 2.